The smallest absolute Gasteiger partial charge is 0.248 e. The molecule has 0 aliphatic heterocycles. The minimum Gasteiger partial charge on any atom is -0.495 e. The summed E-state index contributed by atoms with van der Waals surface area (Å²) in [7, 11) is 9.64. The number of benzene rings is 2. The van der Waals surface area contributed by atoms with Crippen molar-refractivity contribution in [3.63, 3.8) is 0 Å². The molecule has 24 heteroatoms. The van der Waals surface area contributed by atoms with E-state index in [4.69, 9.17) is 75.3 Å². The zero-order chi connectivity index (χ0) is 56.8. The van der Waals surface area contributed by atoms with Crippen LogP contribution in [0, 0.1) is 0 Å². The maximum atomic E-state index is 11.5. The summed E-state index contributed by atoms with van der Waals surface area (Å²) in [6, 6.07) is 14.4. The lowest BCUT2D eigenvalue weighted by Crippen LogP contribution is -2.08. The van der Waals surface area contributed by atoms with Crippen LogP contribution in [-0.4, -0.2) is 103 Å². The van der Waals surface area contributed by atoms with Crippen molar-refractivity contribution in [3.8, 4) is 45.3 Å². The Kier molecular flexibility index (Phi) is 17.1. The number of carbonyl (C=O) groups is 2. The second-order valence-electron chi connectivity index (χ2n) is 17.5. The first-order chi connectivity index (χ1) is 38.7. The van der Waals surface area contributed by atoms with E-state index in [0.29, 0.717) is 137 Å². The number of hydrogen-bond acceptors (Lipinski definition) is 16. The summed E-state index contributed by atoms with van der Waals surface area (Å²) in [5.41, 5.74) is 9.04. The molecule has 8 aromatic heterocycles. The lowest BCUT2D eigenvalue weighted by atomic mass is 10.0. The third-order valence-corrected chi connectivity index (χ3v) is 14.1. The molecule has 4 N–H and O–H groups in total. The van der Waals surface area contributed by atoms with Gasteiger partial charge in [0.1, 0.15) is 40.1 Å². The number of pyridine rings is 4. The van der Waals surface area contributed by atoms with Crippen LogP contribution >= 0.6 is 46.4 Å². The molecule has 2 aromatic carbocycles. The van der Waals surface area contributed by atoms with Crippen molar-refractivity contribution in [1.82, 2.24) is 48.7 Å². The number of ether oxygens (including phenoxy) is 4. The van der Waals surface area contributed by atoms with Gasteiger partial charge in [-0.1, -0.05) is 65.6 Å². The Hall–Kier alpha value is -8.82. The molecule has 0 atom stereocenters. The molecule has 0 saturated heterocycles. The van der Waals surface area contributed by atoms with Crippen LogP contribution in [-0.2, 0) is 35.3 Å². The number of fused-ring (bicyclic) bond motifs is 6. The highest BCUT2D eigenvalue weighted by molar-refractivity contribution is 6.42. The SMILES string of the molecule is C=CC(=O)Nc1ccc(CCc2cn3c(n2)c(-c2c(Cl)c(OC)cc(OC)c2Cl)cc2cnc(NC)nc23)cn1.C=CC(=O)Nc1ccc(CCc2cn3c(n2)c(-c2c(Cl)c(OC)cc(OC)c2Cl)cc2cnc(NC)nc23)nc1. The van der Waals surface area contributed by atoms with E-state index < -0.39 is 0 Å². The second-order valence-corrected chi connectivity index (χ2v) is 19.0. The van der Waals surface area contributed by atoms with Gasteiger partial charge in [0.15, 0.2) is 11.3 Å². The fourth-order valence-electron chi connectivity index (χ4n) is 8.64. The number of nitrogens with one attached hydrogen (secondary N) is 4. The van der Waals surface area contributed by atoms with Gasteiger partial charge in [-0.25, -0.2) is 24.9 Å². The largest absolute Gasteiger partial charge is 0.495 e. The van der Waals surface area contributed by atoms with Crippen LogP contribution in [0.25, 0.3) is 55.6 Å². The summed E-state index contributed by atoms with van der Waals surface area (Å²) >= 11 is 27.2. The minimum absolute atomic E-state index is 0.290. The van der Waals surface area contributed by atoms with Gasteiger partial charge in [0.2, 0.25) is 23.7 Å². The number of aromatic nitrogens is 10. The van der Waals surface area contributed by atoms with E-state index in [0.717, 1.165) is 33.4 Å². The van der Waals surface area contributed by atoms with E-state index in [-0.39, 0.29) is 11.8 Å². The van der Waals surface area contributed by atoms with Gasteiger partial charge >= 0.3 is 0 Å². The second kappa shape index (κ2) is 24.5. The number of rotatable bonds is 18. The average Bonchev–Trinajstić information content (AvgIpc) is 4.15. The molecule has 0 bridgehead atoms. The van der Waals surface area contributed by atoms with Gasteiger partial charge in [-0.3, -0.25) is 23.4 Å². The van der Waals surface area contributed by atoms with Crippen molar-refractivity contribution in [2.45, 2.75) is 25.7 Å². The van der Waals surface area contributed by atoms with E-state index in [2.05, 4.69) is 64.3 Å². The van der Waals surface area contributed by atoms with E-state index in [9.17, 15) is 9.59 Å². The number of amides is 2. The molecule has 10 rings (SSSR count). The highest BCUT2D eigenvalue weighted by Gasteiger charge is 2.26. The molecule has 0 aliphatic rings. The number of methoxy groups -OCH3 is 4. The Labute approximate surface area is 478 Å². The molecule has 0 saturated carbocycles. The van der Waals surface area contributed by atoms with Gasteiger partial charge < -0.3 is 40.2 Å². The highest BCUT2D eigenvalue weighted by Crippen LogP contribution is 2.49. The Morgan fingerprint density at radius 1 is 0.525 bits per heavy atom. The molecular weight excluding hydrogens is 1110 g/mol. The Bertz CT molecular complexity index is 3710. The molecule has 0 unspecified atom stereocenters. The van der Waals surface area contributed by atoms with Crippen LogP contribution in [0.3, 0.4) is 0 Å². The third kappa shape index (κ3) is 11.5. The van der Waals surface area contributed by atoms with Gasteiger partial charge in [-0.15, -0.1) is 0 Å². The third-order valence-electron chi connectivity index (χ3n) is 12.6. The number of halogens is 4. The van der Waals surface area contributed by atoms with E-state index >= 15 is 0 Å². The normalized spacial score (nSPS) is 11.0. The zero-order valence-corrected chi connectivity index (χ0v) is 46.9. The topological polar surface area (TPSA) is 231 Å². The lowest BCUT2D eigenvalue weighted by molar-refractivity contribution is -0.112. The van der Waals surface area contributed by atoms with Crippen LogP contribution < -0.4 is 40.2 Å². The first-order valence-electron chi connectivity index (χ1n) is 24.4. The van der Waals surface area contributed by atoms with Gasteiger partial charge in [-0.2, -0.15) is 9.97 Å². The number of carbonyl (C=O) groups excluding carboxylic acids is 2. The molecule has 80 heavy (non-hydrogen) atoms. The van der Waals surface area contributed by atoms with Crippen molar-refractivity contribution in [2.75, 3.05) is 63.8 Å². The van der Waals surface area contributed by atoms with Crippen molar-refractivity contribution < 1.29 is 28.5 Å². The summed E-state index contributed by atoms with van der Waals surface area (Å²) in [5.74, 6) is 2.49. The molecular formula is C56H50Cl4N14O6. The van der Waals surface area contributed by atoms with E-state index in [1.807, 2.05) is 45.5 Å². The van der Waals surface area contributed by atoms with E-state index in [1.165, 1.54) is 40.6 Å². The summed E-state index contributed by atoms with van der Waals surface area (Å²) in [6.45, 7) is 6.90. The molecule has 8 heterocycles. The number of nitrogens with zero attached hydrogens (tertiary/aromatic N) is 10. The summed E-state index contributed by atoms with van der Waals surface area (Å²) in [5, 5.41) is 14.2. The van der Waals surface area contributed by atoms with Gasteiger partial charge in [0, 0.05) is 95.9 Å². The van der Waals surface area contributed by atoms with E-state index in [1.54, 1.807) is 63.1 Å². The summed E-state index contributed by atoms with van der Waals surface area (Å²) < 4.78 is 25.8. The van der Waals surface area contributed by atoms with Crippen molar-refractivity contribution in [3.05, 3.63) is 154 Å². The van der Waals surface area contributed by atoms with Crippen LogP contribution in [0.1, 0.15) is 22.6 Å². The average molecular weight is 1160 g/mol. The molecule has 20 nitrogen and oxygen atoms in total. The predicted molar refractivity (Wildman–Crippen MR) is 314 cm³/mol. The maximum absolute atomic E-state index is 11.5. The fourth-order valence-corrected chi connectivity index (χ4v) is 10.0. The van der Waals surface area contributed by atoms with Gasteiger partial charge in [-0.05, 0) is 73.7 Å². The summed E-state index contributed by atoms with van der Waals surface area (Å²) in [6.07, 6.45) is 15.6. The molecule has 2 amide bonds. The van der Waals surface area contributed by atoms with Crippen LogP contribution in [0.4, 0.5) is 23.4 Å². The first kappa shape index (κ1) is 55.9. The van der Waals surface area contributed by atoms with Crippen LogP contribution in [0.2, 0.25) is 20.1 Å². The number of imidazole rings is 2. The quantitative estimate of drug-likeness (QED) is 0.0585. The standard InChI is InChI=1S/2C28H25Cl2N7O3/c1-5-22(38)34-17-8-6-16(32-13-17)7-9-18-14-37-26-15(12-33-28(31-2)36-26)10-19(27(37)35-18)23-24(29)20(39-3)11-21(40-4)25(23)30;1-5-22(38)35-21-9-7-15(12-32-21)6-8-17-14-37-26-16(13-33-28(31-2)36-26)10-18(27(37)34-17)23-24(29)19(39-3)11-20(40-4)25(23)30/h5-6,8,10-14H,1,7,9H2,2-4H3,(H,34,38)(H,31,33,36);5,7,9-14H,1,6,8H2,2-4H3,(H,31,33,36)(H,32,35,38). The van der Waals surface area contributed by atoms with Gasteiger partial charge in [0.25, 0.3) is 0 Å². The first-order valence-corrected chi connectivity index (χ1v) is 25.9. The Balaban J connectivity index is 0.000000194. The maximum Gasteiger partial charge on any atom is 0.248 e. The highest BCUT2D eigenvalue weighted by atomic mass is 35.5. The molecule has 0 spiro atoms. The lowest BCUT2D eigenvalue weighted by Gasteiger charge is -2.16. The summed E-state index contributed by atoms with van der Waals surface area (Å²) in [4.78, 5) is 59.8. The number of aryl methyl sites for hydroxylation is 4. The van der Waals surface area contributed by atoms with Crippen molar-refractivity contribution in [1.29, 1.82) is 0 Å². The molecule has 0 radical (unpaired) electrons. The molecule has 0 fully saturated rings. The number of anilines is 4. The zero-order valence-electron chi connectivity index (χ0n) is 43.9. The predicted octanol–water partition coefficient (Wildman–Crippen LogP) is 11.2. The minimum atomic E-state index is -0.313. The number of hydrogen-bond donors (Lipinski definition) is 4. The molecule has 408 valence electrons. The molecule has 0 aliphatic carbocycles. The molecule has 10 aromatic rings. The van der Waals surface area contributed by atoms with Crippen molar-refractivity contribution in [2.24, 2.45) is 0 Å². The Morgan fingerprint density at radius 2 is 0.988 bits per heavy atom. The van der Waals surface area contributed by atoms with Crippen LogP contribution in [0.15, 0.2) is 111 Å². The Morgan fingerprint density at radius 3 is 1.40 bits per heavy atom. The monoisotopic (exact) mass is 1150 g/mol. The fraction of sp³-hybridized carbons (Fsp3) is 0.179. The van der Waals surface area contributed by atoms with Gasteiger partial charge in [0.05, 0.1) is 71.8 Å². The van der Waals surface area contributed by atoms with Crippen LogP contribution in [0.5, 0.6) is 23.0 Å². The van der Waals surface area contributed by atoms with Crippen molar-refractivity contribution >= 4 is 115 Å².